The maximum absolute atomic E-state index is 12.3. The van der Waals surface area contributed by atoms with Gasteiger partial charge in [0.25, 0.3) is 0 Å². The molecule has 1 saturated heterocycles. The summed E-state index contributed by atoms with van der Waals surface area (Å²) in [5.74, 6) is 1.28. The van der Waals surface area contributed by atoms with Crippen LogP contribution in [0.15, 0.2) is 35.4 Å². The Morgan fingerprint density at radius 3 is 2.58 bits per heavy atom. The molecular weight excluding hydrogens is 410 g/mol. The van der Waals surface area contributed by atoms with E-state index in [2.05, 4.69) is 32.7 Å². The fourth-order valence-corrected chi connectivity index (χ4v) is 4.13. The maximum atomic E-state index is 12.3. The van der Waals surface area contributed by atoms with Crippen LogP contribution in [0.3, 0.4) is 0 Å². The van der Waals surface area contributed by atoms with E-state index in [1.807, 2.05) is 44.2 Å². The Balaban J connectivity index is 1.45. The number of piperidine rings is 1. The highest BCUT2D eigenvalue weighted by atomic mass is 32.2. The summed E-state index contributed by atoms with van der Waals surface area (Å²) in [6, 6.07) is 9.85. The van der Waals surface area contributed by atoms with Crippen LogP contribution in [0.2, 0.25) is 0 Å². The van der Waals surface area contributed by atoms with Gasteiger partial charge in [-0.25, -0.2) is 0 Å². The lowest BCUT2D eigenvalue weighted by molar-refractivity contribution is -0.125. The van der Waals surface area contributed by atoms with Gasteiger partial charge in [-0.05, 0) is 62.4 Å². The number of carbonyl (C=O) groups excluding carboxylic acids is 2. The summed E-state index contributed by atoms with van der Waals surface area (Å²) in [5.41, 5.74) is 3.00. The van der Waals surface area contributed by atoms with Gasteiger partial charge in [0.2, 0.25) is 11.8 Å². The van der Waals surface area contributed by atoms with E-state index in [0.717, 1.165) is 61.5 Å². The molecule has 0 radical (unpaired) electrons. The molecule has 3 rings (SSSR count). The number of nitrogens with zero attached hydrogens (tertiary/aromatic N) is 3. The van der Waals surface area contributed by atoms with Crippen molar-refractivity contribution in [2.75, 3.05) is 35.6 Å². The number of benzene rings is 1. The second-order valence-electron chi connectivity index (χ2n) is 7.94. The summed E-state index contributed by atoms with van der Waals surface area (Å²) in [6.45, 7) is 8.37. The average molecular weight is 442 g/mol. The van der Waals surface area contributed by atoms with E-state index in [0.29, 0.717) is 5.03 Å². The molecule has 0 saturated carbocycles. The average Bonchev–Trinajstić information content (AvgIpc) is 2.79. The van der Waals surface area contributed by atoms with Gasteiger partial charge in [0, 0.05) is 31.2 Å². The van der Waals surface area contributed by atoms with Crippen LogP contribution >= 0.6 is 11.8 Å². The molecular formula is C23H31N5O2S. The Hall–Kier alpha value is -2.61. The highest BCUT2D eigenvalue weighted by molar-refractivity contribution is 7.99. The van der Waals surface area contributed by atoms with Crippen LogP contribution in [-0.4, -0.2) is 47.4 Å². The van der Waals surface area contributed by atoms with E-state index in [1.54, 1.807) is 0 Å². The van der Waals surface area contributed by atoms with Gasteiger partial charge in [0.1, 0.15) is 5.03 Å². The second-order valence-corrected chi connectivity index (χ2v) is 8.93. The van der Waals surface area contributed by atoms with Gasteiger partial charge < -0.3 is 15.5 Å². The van der Waals surface area contributed by atoms with E-state index in [4.69, 9.17) is 0 Å². The summed E-state index contributed by atoms with van der Waals surface area (Å²) >= 11 is 1.37. The number of anilines is 2. The maximum Gasteiger partial charge on any atom is 0.234 e. The highest BCUT2D eigenvalue weighted by Gasteiger charge is 2.25. The number of aryl methyl sites for hydroxylation is 2. The van der Waals surface area contributed by atoms with Crippen molar-refractivity contribution in [1.29, 1.82) is 0 Å². The van der Waals surface area contributed by atoms with Crippen LogP contribution in [0.25, 0.3) is 0 Å². The lowest BCUT2D eigenvalue weighted by Crippen LogP contribution is -2.41. The number of aromatic nitrogens is 2. The van der Waals surface area contributed by atoms with Gasteiger partial charge in [0.05, 0.1) is 5.75 Å². The molecule has 1 aliphatic heterocycles. The van der Waals surface area contributed by atoms with Crippen molar-refractivity contribution in [1.82, 2.24) is 15.5 Å². The first-order chi connectivity index (χ1) is 15.0. The number of thioether (sulfide) groups is 1. The molecule has 0 unspecified atom stereocenters. The van der Waals surface area contributed by atoms with E-state index >= 15 is 0 Å². The SMILES string of the molecule is CCCNC(=O)C1CCN(c2ccc(SCC(=O)Nc3cc(C)ccc3C)nn2)CC1. The van der Waals surface area contributed by atoms with Crippen molar-refractivity contribution in [2.24, 2.45) is 5.92 Å². The minimum atomic E-state index is -0.0620. The largest absolute Gasteiger partial charge is 0.356 e. The molecule has 2 amide bonds. The van der Waals surface area contributed by atoms with Crippen molar-refractivity contribution >= 4 is 35.1 Å². The highest BCUT2D eigenvalue weighted by Crippen LogP contribution is 2.23. The van der Waals surface area contributed by atoms with Gasteiger partial charge in [-0.3, -0.25) is 9.59 Å². The number of hydrogen-bond donors (Lipinski definition) is 2. The number of nitrogens with one attached hydrogen (secondary N) is 2. The molecule has 1 aromatic heterocycles. The van der Waals surface area contributed by atoms with Crippen molar-refractivity contribution in [2.45, 2.75) is 45.1 Å². The van der Waals surface area contributed by atoms with Crippen molar-refractivity contribution in [3.05, 3.63) is 41.5 Å². The van der Waals surface area contributed by atoms with Gasteiger partial charge in [0.15, 0.2) is 5.82 Å². The summed E-state index contributed by atoms with van der Waals surface area (Å²) in [4.78, 5) is 26.6. The molecule has 0 bridgehead atoms. The second kappa shape index (κ2) is 11.1. The Labute approximate surface area is 188 Å². The lowest BCUT2D eigenvalue weighted by Gasteiger charge is -2.31. The van der Waals surface area contributed by atoms with Crippen LogP contribution in [0.4, 0.5) is 11.5 Å². The van der Waals surface area contributed by atoms with Gasteiger partial charge in [-0.2, -0.15) is 0 Å². The molecule has 2 N–H and O–H groups in total. The molecule has 2 heterocycles. The zero-order chi connectivity index (χ0) is 22.2. The van der Waals surface area contributed by atoms with E-state index < -0.39 is 0 Å². The Bertz CT molecular complexity index is 895. The van der Waals surface area contributed by atoms with Crippen LogP contribution in [0, 0.1) is 19.8 Å². The first kappa shape index (κ1) is 23.1. The summed E-state index contributed by atoms with van der Waals surface area (Å²) in [7, 11) is 0. The minimum Gasteiger partial charge on any atom is -0.356 e. The molecule has 166 valence electrons. The predicted octanol–water partition coefficient (Wildman–Crippen LogP) is 3.57. The predicted molar refractivity (Wildman–Crippen MR) is 126 cm³/mol. The normalized spacial score (nSPS) is 14.4. The van der Waals surface area contributed by atoms with Crippen molar-refractivity contribution in [3.63, 3.8) is 0 Å². The molecule has 2 aromatic rings. The van der Waals surface area contributed by atoms with Gasteiger partial charge in [-0.15, -0.1) is 10.2 Å². The Kier molecular flexibility index (Phi) is 8.28. The molecule has 1 aliphatic rings. The standard InChI is InChI=1S/C23H31N5O2S/c1-4-11-24-23(30)18-9-12-28(13-10-18)20-7-8-22(27-26-20)31-15-21(29)25-19-14-16(2)5-6-17(19)3/h5-8,14,18H,4,9-13,15H2,1-3H3,(H,24,30)(H,25,29). The van der Waals surface area contributed by atoms with Gasteiger partial charge >= 0.3 is 0 Å². The lowest BCUT2D eigenvalue weighted by atomic mass is 9.96. The molecule has 1 aromatic carbocycles. The van der Waals surface area contributed by atoms with Crippen LogP contribution in [0.1, 0.15) is 37.3 Å². The number of carbonyl (C=O) groups is 2. The zero-order valence-electron chi connectivity index (χ0n) is 18.5. The fourth-order valence-electron chi connectivity index (χ4n) is 3.52. The summed E-state index contributed by atoms with van der Waals surface area (Å²) < 4.78 is 0. The third-order valence-electron chi connectivity index (χ3n) is 5.38. The van der Waals surface area contributed by atoms with Crippen LogP contribution < -0.4 is 15.5 Å². The van der Waals surface area contributed by atoms with Gasteiger partial charge in [-0.1, -0.05) is 30.8 Å². The first-order valence-electron chi connectivity index (χ1n) is 10.8. The van der Waals surface area contributed by atoms with E-state index in [9.17, 15) is 9.59 Å². The minimum absolute atomic E-state index is 0.0620. The van der Waals surface area contributed by atoms with Crippen LogP contribution in [-0.2, 0) is 9.59 Å². The van der Waals surface area contributed by atoms with Crippen molar-refractivity contribution in [3.8, 4) is 0 Å². The Morgan fingerprint density at radius 1 is 1.13 bits per heavy atom. The Morgan fingerprint density at radius 2 is 1.90 bits per heavy atom. The summed E-state index contributed by atoms with van der Waals surface area (Å²) in [6.07, 6.45) is 2.61. The quantitative estimate of drug-likeness (QED) is 0.609. The smallest absolute Gasteiger partial charge is 0.234 e. The third-order valence-corrected chi connectivity index (χ3v) is 6.30. The molecule has 31 heavy (non-hydrogen) atoms. The zero-order valence-corrected chi connectivity index (χ0v) is 19.3. The molecule has 1 fully saturated rings. The molecule has 0 atom stereocenters. The molecule has 0 spiro atoms. The number of amides is 2. The molecule has 7 nitrogen and oxygen atoms in total. The molecule has 8 heteroatoms. The number of rotatable bonds is 8. The topological polar surface area (TPSA) is 87.2 Å². The monoisotopic (exact) mass is 441 g/mol. The van der Waals surface area contributed by atoms with Crippen molar-refractivity contribution < 1.29 is 9.59 Å². The van der Waals surface area contributed by atoms with E-state index in [1.165, 1.54) is 11.8 Å². The summed E-state index contributed by atoms with van der Waals surface area (Å²) in [5, 5.41) is 15.3. The first-order valence-corrected chi connectivity index (χ1v) is 11.8. The fraction of sp³-hybridized carbons (Fsp3) is 0.478. The van der Waals surface area contributed by atoms with E-state index in [-0.39, 0.29) is 23.5 Å². The van der Waals surface area contributed by atoms with Crippen LogP contribution in [0.5, 0.6) is 0 Å². The number of hydrogen-bond acceptors (Lipinski definition) is 6. The third kappa shape index (κ3) is 6.69. The molecule has 0 aliphatic carbocycles.